The SMILES string of the molecule is CNc1cc(Nc2cc(Cl)ccc2Cl)nc(C2CC2)n1. The Bertz CT molecular complexity index is 641. The average Bonchev–Trinajstić information content (AvgIpc) is 3.27. The van der Waals surface area contributed by atoms with Crippen LogP contribution in [0.15, 0.2) is 24.3 Å². The summed E-state index contributed by atoms with van der Waals surface area (Å²) in [6.45, 7) is 0. The molecule has 0 atom stereocenters. The van der Waals surface area contributed by atoms with Crippen molar-refractivity contribution in [1.82, 2.24) is 9.97 Å². The first-order valence-electron chi connectivity index (χ1n) is 6.44. The van der Waals surface area contributed by atoms with Crippen LogP contribution in [-0.2, 0) is 0 Å². The lowest BCUT2D eigenvalue weighted by atomic mass is 10.3. The zero-order chi connectivity index (χ0) is 14.1. The van der Waals surface area contributed by atoms with Crippen LogP contribution in [0, 0.1) is 0 Å². The summed E-state index contributed by atoms with van der Waals surface area (Å²) in [4.78, 5) is 9.02. The highest BCUT2D eigenvalue weighted by atomic mass is 35.5. The molecule has 0 bridgehead atoms. The highest BCUT2D eigenvalue weighted by Crippen LogP contribution is 2.39. The molecule has 20 heavy (non-hydrogen) atoms. The number of halogens is 2. The normalized spacial score (nSPS) is 14.2. The number of benzene rings is 1. The van der Waals surface area contributed by atoms with E-state index in [4.69, 9.17) is 23.2 Å². The minimum atomic E-state index is 0.485. The predicted octanol–water partition coefficient (Wildman–Crippen LogP) is 4.45. The summed E-state index contributed by atoms with van der Waals surface area (Å²) in [6, 6.07) is 7.14. The fourth-order valence-corrected chi connectivity index (χ4v) is 2.25. The molecule has 1 aromatic carbocycles. The van der Waals surface area contributed by atoms with Gasteiger partial charge in [0.1, 0.15) is 17.5 Å². The Balaban J connectivity index is 1.93. The van der Waals surface area contributed by atoms with E-state index in [0.717, 1.165) is 36.0 Å². The Morgan fingerprint density at radius 2 is 1.85 bits per heavy atom. The molecule has 0 amide bonds. The topological polar surface area (TPSA) is 49.8 Å². The van der Waals surface area contributed by atoms with Crippen LogP contribution in [0.2, 0.25) is 10.0 Å². The summed E-state index contributed by atoms with van der Waals surface area (Å²) in [5, 5.41) is 7.49. The monoisotopic (exact) mass is 308 g/mol. The zero-order valence-electron chi connectivity index (χ0n) is 11.0. The van der Waals surface area contributed by atoms with Crippen LogP contribution in [-0.4, -0.2) is 17.0 Å². The van der Waals surface area contributed by atoms with E-state index in [2.05, 4.69) is 20.6 Å². The average molecular weight is 309 g/mol. The van der Waals surface area contributed by atoms with Crippen LogP contribution < -0.4 is 10.6 Å². The van der Waals surface area contributed by atoms with Crippen LogP contribution in [0.4, 0.5) is 17.3 Å². The molecule has 1 aliphatic rings. The summed E-state index contributed by atoms with van der Waals surface area (Å²) < 4.78 is 0. The molecule has 1 aliphatic carbocycles. The first-order chi connectivity index (χ1) is 9.65. The van der Waals surface area contributed by atoms with Gasteiger partial charge >= 0.3 is 0 Å². The van der Waals surface area contributed by atoms with Crippen molar-refractivity contribution in [2.45, 2.75) is 18.8 Å². The van der Waals surface area contributed by atoms with Gasteiger partial charge in [0.2, 0.25) is 0 Å². The van der Waals surface area contributed by atoms with Crippen molar-refractivity contribution in [2.75, 3.05) is 17.7 Å². The Labute approximate surface area is 127 Å². The Hall–Kier alpha value is -1.52. The third kappa shape index (κ3) is 2.97. The summed E-state index contributed by atoms with van der Waals surface area (Å²) >= 11 is 12.1. The molecule has 0 spiro atoms. The van der Waals surface area contributed by atoms with Crippen molar-refractivity contribution in [1.29, 1.82) is 0 Å². The summed E-state index contributed by atoms with van der Waals surface area (Å²) in [7, 11) is 1.84. The Morgan fingerprint density at radius 3 is 2.55 bits per heavy atom. The molecule has 0 radical (unpaired) electrons. The third-order valence-corrected chi connectivity index (χ3v) is 3.70. The molecule has 0 aliphatic heterocycles. The minimum absolute atomic E-state index is 0.485. The van der Waals surface area contributed by atoms with E-state index in [0.29, 0.717) is 16.0 Å². The highest BCUT2D eigenvalue weighted by Gasteiger charge is 2.27. The Morgan fingerprint density at radius 1 is 1.10 bits per heavy atom. The minimum Gasteiger partial charge on any atom is -0.373 e. The maximum atomic E-state index is 6.15. The molecule has 4 nitrogen and oxygen atoms in total. The number of aromatic nitrogens is 2. The second-order valence-electron chi connectivity index (χ2n) is 4.77. The van der Waals surface area contributed by atoms with Gasteiger partial charge in [-0.1, -0.05) is 23.2 Å². The van der Waals surface area contributed by atoms with Gasteiger partial charge in [-0.2, -0.15) is 0 Å². The fraction of sp³-hybridized carbons (Fsp3) is 0.286. The van der Waals surface area contributed by atoms with Crippen LogP contribution in [0.3, 0.4) is 0 Å². The summed E-state index contributed by atoms with van der Waals surface area (Å²) in [5.74, 6) is 2.87. The number of hydrogen-bond acceptors (Lipinski definition) is 4. The maximum Gasteiger partial charge on any atom is 0.136 e. The Kier molecular flexibility index (Phi) is 3.68. The molecule has 2 aromatic rings. The number of hydrogen-bond donors (Lipinski definition) is 2. The van der Waals surface area contributed by atoms with Gasteiger partial charge in [0, 0.05) is 24.1 Å². The molecular formula is C14H14Cl2N4. The number of rotatable bonds is 4. The lowest BCUT2D eigenvalue weighted by Crippen LogP contribution is -2.03. The van der Waals surface area contributed by atoms with Gasteiger partial charge < -0.3 is 10.6 Å². The fourth-order valence-electron chi connectivity index (χ4n) is 1.91. The molecule has 6 heteroatoms. The smallest absolute Gasteiger partial charge is 0.136 e. The van der Waals surface area contributed by atoms with Crippen LogP contribution in [0.25, 0.3) is 0 Å². The van der Waals surface area contributed by atoms with E-state index in [1.807, 2.05) is 13.1 Å². The van der Waals surface area contributed by atoms with Gasteiger partial charge in [-0.15, -0.1) is 0 Å². The van der Waals surface area contributed by atoms with E-state index >= 15 is 0 Å². The van der Waals surface area contributed by atoms with Gasteiger partial charge in [-0.3, -0.25) is 0 Å². The van der Waals surface area contributed by atoms with Crippen molar-refractivity contribution in [2.24, 2.45) is 0 Å². The molecule has 1 fully saturated rings. The zero-order valence-corrected chi connectivity index (χ0v) is 12.5. The van der Waals surface area contributed by atoms with Gasteiger partial charge in [-0.05, 0) is 31.0 Å². The molecule has 2 N–H and O–H groups in total. The van der Waals surface area contributed by atoms with Crippen molar-refractivity contribution in [3.05, 3.63) is 40.1 Å². The van der Waals surface area contributed by atoms with E-state index in [1.54, 1.807) is 18.2 Å². The van der Waals surface area contributed by atoms with Crippen molar-refractivity contribution in [3.8, 4) is 0 Å². The molecule has 0 unspecified atom stereocenters. The number of anilines is 3. The quantitative estimate of drug-likeness (QED) is 0.876. The van der Waals surface area contributed by atoms with Crippen LogP contribution >= 0.6 is 23.2 Å². The molecule has 0 saturated heterocycles. The maximum absolute atomic E-state index is 6.15. The van der Waals surface area contributed by atoms with Crippen molar-refractivity contribution < 1.29 is 0 Å². The van der Waals surface area contributed by atoms with E-state index in [1.165, 1.54) is 0 Å². The molecule has 3 rings (SSSR count). The van der Waals surface area contributed by atoms with Crippen molar-refractivity contribution in [3.63, 3.8) is 0 Å². The number of nitrogens with one attached hydrogen (secondary N) is 2. The molecule has 1 aromatic heterocycles. The lowest BCUT2D eigenvalue weighted by Gasteiger charge is -2.11. The summed E-state index contributed by atoms with van der Waals surface area (Å²) in [6.07, 6.45) is 2.31. The van der Waals surface area contributed by atoms with Gasteiger partial charge in [0.25, 0.3) is 0 Å². The summed E-state index contributed by atoms with van der Waals surface area (Å²) in [5.41, 5.74) is 0.738. The first-order valence-corrected chi connectivity index (χ1v) is 7.20. The largest absolute Gasteiger partial charge is 0.373 e. The van der Waals surface area contributed by atoms with Gasteiger partial charge in [-0.25, -0.2) is 9.97 Å². The lowest BCUT2D eigenvalue weighted by molar-refractivity contribution is 0.932. The second-order valence-corrected chi connectivity index (χ2v) is 5.61. The molecule has 104 valence electrons. The molecular weight excluding hydrogens is 295 g/mol. The number of nitrogens with zero attached hydrogens (tertiary/aromatic N) is 2. The van der Waals surface area contributed by atoms with E-state index in [9.17, 15) is 0 Å². The van der Waals surface area contributed by atoms with Gasteiger partial charge in [0.05, 0.1) is 10.7 Å². The molecule has 1 heterocycles. The molecule has 1 saturated carbocycles. The van der Waals surface area contributed by atoms with E-state index in [-0.39, 0.29) is 0 Å². The highest BCUT2D eigenvalue weighted by molar-refractivity contribution is 6.35. The third-order valence-electron chi connectivity index (χ3n) is 3.13. The standard InChI is InChI=1S/C14H14Cl2N4/c1-17-12-7-13(20-14(19-12)8-2-3-8)18-11-6-9(15)4-5-10(11)16/h4-8H,2-3H2,1H3,(H2,17,18,19,20). The second kappa shape index (κ2) is 5.46. The van der Waals surface area contributed by atoms with Gasteiger partial charge in [0.15, 0.2) is 0 Å². The predicted molar refractivity (Wildman–Crippen MR) is 83.3 cm³/mol. The van der Waals surface area contributed by atoms with Crippen LogP contribution in [0.1, 0.15) is 24.6 Å². The van der Waals surface area contributed by atoms with Crippen molar-refractivity contribution >= 4 is 40.5 Å². The van der Waals surface area contributed by atoms with Crippen LogP contribution in [0.5, 0.6) is 0 Å². The first kappa shape index (κ1) is 13.5. The van der Waals surface area contributed by atoms with E-state index < -0.39 is 0 Å².